The van der Waals surface area contributed by atoms with E-state index in [9.17, 15) is 4.79 Å². The summed E-state index contributed by atoms with van der Waals surface area (Å²) in [5.74, 6) is 1.25. The summed E-state index contributed by atoms with van der Waals surface area (Å²) in [7, 11) is 6.46. The number of aryl methyl sites for hydroxylation is 2. The fourth-order valence-electron chi connectivity index (χ4n) is 1.97. The molecule has 0 saturated heterocycles. The van der Waals surface area contributed by atoms with Gasteiger partial charge < -0.3 is 18.7 Å². The van der Waals surface area contributed by atoms with Gasteiger partial charge >= 0.3 is 0 Å². The van der Waals surface area contributed by atoms with E-state index in [4.69, 9.17) is 9.47 Å². The van der Waals surface area contributed by atoms with Crippen LogP contribution in [0.15, 0.2) is 6.07 Å². The van der Waals surface area contributed by atoms with E-state index in [0.717, 1.165) is 11.1 Å². The molecule has 1 rings (SSSR count). The molecule has 0 saturated carbocycles. The van der Waals surface area contributed by atoms with E-state index >= 15 is 0 Å². The first-order valence-corrected chi connectivity index (χ1v) is 6.17. The predicted molar refractivity (Wildman–Crippen MR) is 71.1 cm³/mol. The monoisotopic (exact) mass is 253 g/mol. The maximum Gasteiger partial charge on any atom is 0.167 e. The quantitative estimate of drug-likeness (QED) is 0.597. The fourth-order valence-corrected chi connectivity index (χ4v) is 2.20. The van der Waals surface area contributed by atoms with Gasteiger partial charge in [0.25, 0.3) is 0 Å². The fraction of sp³-hybridized carbons (Fsp3) is 0.462. The molecule has 3 nitrogen and oxygen atoms in total. The van der Waals surface area contributed by atoms with Crippen LogP contribution < -0.4 is 9.47 Å². The standard InChI is InChI=1S/C13H18O3P/c1-8-7-9(2)13(16-4)11(12(8)15-3)10(14)5-6-17/h7,17H,5-6H2,1-4H3/q-1. The van der Waals surface area contributed by atoms with E-state index in [-0.39, 0.29) is 5.78 Å². The first kappa shape index (κ1) is 14.0. The van der Waals surface area contributed by atoms with Crippen LogP contribution in [0.4, 0.5) is 0 Å². The first-order chi connectivity index (χ1) is 8.06. The Bertz CT molecular complexity index is 399. The van der Waals surface area contributed by atoms with E-state index in [1.165, 1.54) is 0 Å². The Kier molecular flexibility index (Phi) is 4.95. The summed E-state index contributed by atoms with van der Waals surface area (Å²) in [6.45, 7) is 3.85. The molecular weight excluding hydrogens is 235 g/mol. The number of hydrogen-bond acceptors (Lipinski definition) is 3. The molecule has 0 spiro atoms. The molecule has 0 radical (unpaired) electrons. The average Bonchev–Trinajstić information content (AvgIpc) is 2.28. The van der Waals surface area contributed by atoms with Crippen molar-refractivity contribution in [1.29, 1.82) is 0 Å². The summed E-state index contributed by atoms with van der Waals surface area (Å²) in [5.41, 5.74) is 2.44. The van der Waals surface area contributed by atoms with Gasteiger partial charge in [-0.2, -0.15) is 6.16 Å². The van der Waals surface area contributed by atoms with Crippen LogP contribution in [0.2, 0.25) is 0 Å². The van der Waals surface area contributed by atoms with Gasteiger partial charge in [0.15, 0.2) is 5.78 Å². The summed E-state index contributed by atoms with van der Waals surface area (Å²) in [5, 5.41) is 0. The number of benzene rings is 1. The average molecular weight is 253 g/mol. The Labute approximate surface area is 105 Å². The molecule has 0 amide bonds. The maximum atomic E-state index is 12.1. The van der Waals surface area contributed by atoms with Crippen molar-refractivity contribution >= 4 is 15.0 Å². The smallest absolute Gasteiger partial charge is 0.167 e. The van der Waals surface area contributed by atoms with Crippen LogP contribution in [0.25, 0.3) is 0 Å². The summed E-state index contributed by atoms with van der Waals surface area (Å²) < 4.78 is 10.6. The SMILES string of the molecule is COc1c(C)cc(C)c(OC)c1C(=O)CC[PH-]. The Morgan fingerprint density at radius 2 is 1.65 bits per heavy atom. The number of carbonyl (C=O) groups is 1. The number of hydrogen-bond donors (Lipinski definition) is 0. The van der Waals surface area contributed by atoms with Gasteiger partial charge in [0.2, 0.25) is 0 Å². The van der Waals surface area contributed by atoms with Gasteiger partial charge in [-0.25, -0.2) is 0 Å². The molecule has 0 aliphatic heterocycles. The number of carbonyl (C=O) groups excluding carboxylic acids is 1. The van der Waals surface area contributed by atoms with Gasteiger partial charge in [0, 0.05) is 0 Å². The van der Waals surface area contributed by atoms with Gasteiger partial charge in [0.05, 0.1) is 14.2 Å². The second kappa shape index (κ2) is 6.02. The molecule has 0 heterocycles. The minimum absolute atomic E-state index is 0.0282. The molecule has 17 heavy (non-hydrogen) atoms. The number of rotatable bonds is 5. The van der Waals surface area contributed by atoms with E-state index in [0.29, 0.717) is 29.6 Å². The minimum atomic E-state index is 0.0282. The maximum absolute atomic E-state index is 12.1. The second-order valence-corrected chi connectivity index (χ2v) is 4.38. The largest absolute Gasteiger partial charge is 0.558 e. The van der Waals surface area contributed by atoms with Gasteiger partial charge in [-0.1, -0.05) is 0 Å². The Hall–Kier alpha value is -1.08. The van der Waals surface area contributed by atoms with E-state index < -0.39 is 0 Å². The highest BCUT2D eigenvalue weighted by molar-refractivity contribution is 7.16. The number of ether oxygens (including phenoxy) is 2. The number of ketones is 1. The third-order valence-electron chi connectivity index (χ3n) is 2.64. The van der Waals surface area contributed by atoms with Crippen LogP contribution in [0.3, 0.4) is 0 Å². The van der Waals surface area contributed by atoms with Crippen LogP contribution in [-0.4, -0.2) is 26.2 Å². The van der Waals surface area contributed by atoms with Crippen molar-refractivity contribution in [1.82, 2.24) is 0 Å². The molecule has 0 unspecified atom stereocenters. The molecule has 1 aromatic carbocycles. The van der Waals surface area contributed by atoms with Crippen LogP contribution in [-0.2, 0) is 0 Å². The topological polar surface area (TPSA) is 35.5 Å². The van der Waals surface area contributed by atoms with E-state index in [1.54, 1.807) is 14.2 Å². The van der Waals surface area contributed by atoms with E-state index in [1.807, 2.05) is 19.9 Å². The van der Waals surface area contributed by atoms with Gasteiger partial charge in [-0.3, -0.25) is 4.79 Å². The molecule has 0 bridgehead atoms. The summed E-state index contributed by atoms with van der Waals surface area (Å²) in [4.78, 5) is 12.1. The van der Waals surface area contributed by atoms with Gasteiger partial charge in [-0.15, -0.1) is 0 Å². The zero-order chi connectivity index (χ0) is 13.0. The molecule has 0 N–H and O–H groups in total. The van der Waals surface area contributed by atoms with E-state index in [2.05, 4.69) is 9.24 Å². The Morgan fingerprint density at radius 1 is 1.18 bits per heavy atom. The molecular formula is C13H18O3P-. The zero-order valence-corrected chi connectivity index (χ0v) is 11.7. The van der Waals surface area contributed by atoms with Crippen molar-refractivity contribution in [3.8, 4) is 11.5 Å². The van der Waals surface area contributed by atoms with Crippen molar-refractivity contribution in [2.45, 2.75) is 20.3 Å². The molecule has 0 aromatic heterocycles. The second-order valence-electron chi connectivity index (χ2n) is 3.88. The van der Waals surface area contributed by atoms with Crippen molar-refractivity contribution in [2.24, 2.45) is 0 Å². The number of methoxy groups -OCH3 is 2. The summed E-state index contributed by atoms with van der Waals surface area (Å²) in [6, 6.07) is 1.96. The van der Waals surface area contributed by atoms with Crippen molar-refractivity contribution in [2.75, 3.05) is 20.4 Å². The summed E-state index contributed by atoms with van der Waals surface area (Å²) in [6.07, 6.45) is 1.05. The molecule has 4 heteroatoms. The van der Waals surface area contributed by atoms with Crippen molar-refractivity contribution < 1.29 is 14.3 Å². The van der Waals surface area contributed by atoms with Crippen LogP contribution in [0.5, 0.6) is 11.5 Å². The Balaban J connectivity index is 3.45. The van der Waals surface area contributed by atoms with Crippen LogP contribution in [0, 0.1) is 13.8 Å². The van der Waals surface area contributed by atoms with Crippen LogP contribution >= 0.6 is 9.24 Å². The minimum Gasteiger partial charge on any atom is -0.558 e. The Morgan fingerprint density at radius 3 is 2.00 bits per heavy atom. The zero-order valence-electron chi connectivity index (χ0n) is 10.7. The summed E-state index contributed by atoms with van der Waals surface area (Å²) >= 11 is 0. The molecule has 1 aromatic rings. The third-order valence-corrected chi connectivity index (χ3v) is 2.89. The highest BCUT2D eigenvalue weighted by atomic mass is 31.0. The van der Waals surface area contributed by atoms with Crippen LogP contribution in [0.1, 0.15) is 27.9 Å². The van der Waals surface area contributed by atoms with Crippen molar-refractivity contribution in [3.05, 3.63) is 22.8 Å². The lowest BCUT2D eigenvalue weighted by atomic mass is 9.99. The number of Topliss-reactive ketones (excluding diaryl/α,β-unsaturated/α-hetero) is 1. The van der Waals surface area contributed by atoms with Gasteiger partial charge in [-0.05, 0) is 37.5 Å². The third kappa shape index (κ3) is 2.78. The molecule has 0 fully saturated rings. The molecule has 0 atom stereocenters. The first-order valence-electron chi connectivity index (χ1n) is 5.46. The molecule has 0 aliphatic carbocycles. The highest BCUT2D eigenvalue weighted by Crippen LogP contribution is 2.35. The normalized spacial score (nSPS) is 10.2. The highest BCUT2D eigenvalue weighted by Gasteiger charge is 2.20. The van der Waals surface area contributed by atoms with Crippen molar-refractivity contribution in [3.63, 3.8) is 0 Å². The van der Waals surface area contributed by atoms with Gasteiger partial charge in [0.1, 0.15) is 17.1 Å². The molecule has 94 valence electrons. The molecule has 0 aliphatic rings. The lowest BCUT2D eigenvalue weighted by Crippen LogP contribution is -2.08. The predicted octanol–water partition coefficient (Wildman–Crippen LogP) is 3.04. The lowest BCUT2D eigenvalue weighted by molar-refractivity contribution is 0.0983. The lowest BCUT2D eigenvalue weighted by Gasteiger charge is -2.17.